The van der Waals surface area contributed by atoms with Crippen LogP contribution in [0.15, 0.2) is 24.3 Å². The van der Waals surface area contributed by atoms with Crippen LogP contribution in [0.3, 0.4) is 0 Å². The Bertz CT molecular complexity index is 465. The Labute approximate surface area is 126 Å². The summed E-state index contributed by atoms with van der Waals surface area (Å²) in [6.07, 6.45) is 0. The number of carbonyl (C=O) groups is 2. The van der Waals surface area contributed by atoms with Gasteiger partial charge in [0.05, 0.1) is 6.54 Å². The highest BCUT2D eigenvalue weighted by atomic mass is 16.2. The zero-order chi connectivity index (χ0) is 15.8. The van der Waals surface area contributed by atoms with Gasteiger partial charge in [-0.25, -0.2) is 0 Å². The van der Waals surface area contributed by atoms with E-state index >= 15 is 0 Å². The van der Waals surface area contributed by atoms with E-state index < -0.39 is 0 Å². The van der Waals surface area contributed by atoms with Crippen LogP contribution in [0, 0.1) is 0 Å². The van der Waals surface area contributed by atoms with Crippen LogP contribution in [0.25, 0.3) is 0 Å². The number of amides is 2. The molecule has 2 N–H and O–H groups in total. The van der Waals surface area contributed by atoms with Crippen molar-refractivity contribution in [3.8, 4) is 0 Å². The van der Waals surface area contributed by atoms with E-state index in [-0.39, 0.29) is 24.4 Å². The molecule has 0 bridgehead atoms. The van der Waals surface area contributed by atoms with Crippen molar-refractivity contribution in [2.75, 3.05) is 25.0 Å². The smallest absolute Gasteiger partial charge is 0.253 e. The molecule has 0 spiro atoms. The number of nitrogens with one attached hydrogen (secondary N) is 2. The lowest BCUT2D eigenvalue weighted by Crippen LogP contribution is -2.34. The number of rotatable bonds is 7. The second kappa shape index (κ2) is 8.29. The molecule has 1 rings (SSSR count). The van der Waals surface area contributed by atoms with Gasteiger partial charge in [0.25, 0.3) is 5.91 Å². The van der Waals surface area contributed by atoms with E-state index in [1.807, 2.05) is 39.8 Å². The number of carbonyl (C=O) groups excluding carboxylic acids is 2. The molecule has 116 valence electrons. The van der Waals surface area contributed by atoms with Crippen molar-refractivity contribution in [3.63, 3.8) is 0 Å². The first-order chi connectivity index (χ1) is 9.97. The van der Waals surface area contributed by atoms with Crippen LogP contribution < -0.4 is 10.6 Å². The van der Waals surface area contributed by atoms with Crippen molar-refractivity contribution in [3.05, 3.63) is 29.8 Å². The Morgan fingerprint density at radius 2 is 1.67 bits per heavy atom. The summed E-state index contributed by atoms with van der Waals surface area (Å²) in [4.78, 5) is 25.5. The first kappa shape index (κ1) is 17.0. The molecular formula is C16H25N3O2. The van der Waals surface area contributed by atoms with Crippen LogP contribution in [-0.2, 0) is 4.79 Å². The predicted octanol–water partition coefficient (Wildman–Crippen LogP) is 2.11. The van der Waals surface area contributed by atoms with Crippen LogP contribution in [0.5, 0.6) is 0 Å². The second-order valence-corrected chi connectivity index (χ2v) is 5.13. The Balaban J connectivity index is 2.58. The normalized spacial score (nSPS) is 10.3. The third kappa shape index (κ3) is 5.45. The highest BCUT2D eigenvalue weighted by molar-refractivity contribution is 5.94. The average Bonchev–Trinajstić information content (AvgIpc) is 2.46. The molecule has 5 heteroatoms. The first-order valence-corrected chi connectivity index (χ1v) is 7.40. The number of benzene rings is 1. The predicted molar refractivity (Wildman–Crippen MR) is 85.5 cm³/mol. The molecule has 5 nitrogen and oxygen atoms in total. The van der Waals surface area contributed by atoms with Gasteiger partial charge in [-0.3, -0.25) is 9.59 Å². The topological polar surface area (TPSA) is 61.4 Å². The van der Waals surface area contributed by atoms with Gasteiger partial charge in [0.1, 0.15) is 0 Å². The van der Waals surface area contributed by atoms with E-state index in [0.717, 1.165) is 5.69 Å². The molecule has 0 unspecified atom stereocenters. The van der Waals surface area contributed by atoms with Crippen LogP contribution in [0.2, 0.25) is 0 Å². The molecule has 0 aliphatic rings. The molecule has 2 amide bonds. The quantitative estimate of drug-likeness (QED) is 0.809. The standard InChI is InChI=1S/C16H25N3O2/c1-5-19(6-2)16(21)13-7-9-14(10-8-13)17-11-15(20)18-12(3)4/h7-10,12,17H,5-6,11H2,1-4H3,(H,18,20). The molecule has 21 heavy (non-hydrogen) atoms. The third-order valence-electron chi connectivity index (χ3n) is 3.09. The zero-order valence-corrected chi connectivity index (χ0v) is 13.3. The fourth-order valence-electron chi connectivity index (χ4n) is 1.98. The molecule has 0 aliphatic heterocycles. The molecule has 0 atom stereocenters. The van der Waals surface area contributed by atoms with Crippen molar-refractivity contribution in [1.82, 2.24) is 10.2 Å². The molecule has 0 fully saturated rings. The lowest BCUT2D eigenvalue weighted by atomic mass is 10.2. The summed E-state index contributed by atoms with van der Waals surface area (Å²) >= 11 is 0. The van der Waals surface area contributed by atoms with Gasteiger partial charge in [-0.05, 0) is 52.0 Å². The lowest BCUT2D eigenvalue weighted by molar-refractivity contribution is -0.119. The van der Waals surface area contributed by atoms with Crippen LogP contribution >= 0.6 is 0 Å². The monoisotopic (exact) mass is 291 g/mol. The Morgan fingerprint density at radius 1 is 1.10 bits per heavy atom. The highest BCUT2D eigenvalue weighted by Crippen LogP contribution is 2.11. The van der Waals surface area contributed by atoms with Gasteiger partial charge in [0, 0.05) is 30.4 Å². The Morgan fingerprint density at radius 3 is 2.14 bits per heavy atom. The van der Waals surface area contributed by atoms with Gasteiger partial charge in [-0.1, -0.05) is 0 Å². The fourth-order valence-corrected chi connectivity index (χ4v) is 1.98. The average molecular weight is 291 g/mol. The van der Waals surface area contributed by atoms with Crippen molar-refractivity contribution in [1.29, 1.82) is 0 Å². The highest BCUT2D eigenvalue weighted by Gasteiger charge is 2.12. The molecule has 0 radical (unpaired) electrons. The minimum atomic E-state index is -0.0479. The summed E-state index contributed by atoms with van der Waals surface area (Å²) < 4.78 is 0. The van der Waals surface area contributed by atoms with E-state index in [1.165, 1.54) is 0 Å². The van der Waals surface area contributed by atoms with E-state index in [0.29, 0.717) is 18.7 Å². The maximum atomic E-state index is 12.1. The van der Waals surface area contributed by atoms with Gasteiger partial charge >= 0.3 is 0 Å². The minimum absolute atomic E-state index is 0.0316. The fraction of sp³-hybridized carbons (Fsp3) is 0.500. The number of anilines is 1. The van der Waals surface area contributed by atoms with Crippen molar-refractivity contribution >= 4 is 17.5 Å². The molecule has 1 aromatic rings. The summed E-state index contributed by atoms with van der Waals surface area (Å²) in [6, 6.07) is 7.33. The molecule has 0 aromatic heterocycles. The van der Waals surface area contributed by atoms with Crippen LogP contribution in [-0.4, -0.2) is 42.4 Å². The van der Waals surface area contributed by atoms with Crippen molar-refractivity contribution in [2.45, 2.75) is 33.7 Å². The van der Waals surface area contributed by atoms with Gasteiger partial charge in [-0.2, -0.15) is 0 Å². The van der Waals surface area contributed by atoms with Crippen molar-refractivity contribution < 1.29 is 9.59 Å². The molecule has 0 heterocycles. The maximum Gasteiger partial charge on any atom is 0.253 e. The first-order valence-electron chi connectivity index (χ1n) is 7.40. The molecular weight excluding hydrogens is 266 g/mol. The van der Waals surface area contributed by atoms with Gasteiger partial charge in [0.2, 0.25) is 5.91 Å². The van der Waals surface area contributed by atoms with E-state index in [9.17, 15) is 9.59 Å². The second-order valence-electron chi connectivity index (χ2n) is 5.13. The summed E-state index contributed by atoms with van der Waals surface area (Å²) in [5.74, 6) is -0.0163. The Hall–Kier alpha value is -2.04. The van der Waals surface area contributed by atoms with E-state index in [4.69, 9.17) is 0 Å². The molecule has 1 aromatic carbocycles. The Kier molecular flexibility index (Phi) is 6.72. The summed E-state index contributed by atoms with van der Waals surface area (Å²) in [5.41, 5.74) is 1.49. The van der Waals surface area contributed by atoms with Crippen molar-refractivity contribution in [2.24, 2.45) is 0 Å². The van der Waals surface area contributed by atoms with Gasteiger partial charge < -0.3 is 15.5 Å². The number of hydrogen-bond donors (Lipinski definition) is 2. The lowest BCUT2D eigenvalue weighted by Gasteiger charge is -2.18. The summed E-state index contributed by atoms with van der Waals surface area (Å²) in [6.45, 7) is 9.39. The van der Waals surface area contributed by atoms with E-state index in [2.05, 4.69) is 10.6 Å². The SMILES string of the molecule is CCN(CC)C(=O)c1ccc(NCC(=O)NC(C)C)cc1. The van der Waals surface area contributed by atoms with Gasteiger partial charge in [-0.15, -0.1) is 0 Å². The van der Waals surface area contributed by atoms with Crippen LogP contribution in [0.1, 0.15) is 38.1 Å². The minimum Gasteiger partial charge on any atom is -0.376 e. The number of nitrogens with zero attached hydrogens (tertiary/aromatic N) is 1. The summed E-state index contributed by atoms with van der Waals surface area (Å²) in [7, 11) is 0. The zero-order valence-electron chi connectivity index (χ0n) is 13.3. The molecule has 0 saturated carbocycles. The van der Waals surface area contributed by atoms with Gasteiger partial charge in [0.15, 0.2) is 0 Å². The summed E-state index contributed by atoms with van der Waals surface area (Å²) in [5, 5.41) is 5.85. The maximum absolute atomic E-state index is 12.1. The third-order valence-corrected chi connectivity index (χ3v) is 3.09. The molecule has 0 saturated heterocycles. The molecule has 0 aliphatic carbocycles. The van der Waals surface area contributed by atoms with Crippen LogP contribution in [0.4, 0.5) is 5.69 Å². The number of hydrogen-bond acceptors (Lipinski definition) is 3. The van der Waals surface area contributed by atoms with E-state index in [1.54, 1.807) is 17.0 Å². The largest absolute Gasteiger partial charge is 0.376 e.